The lowest BCUT2D eigenvalue weighted by molar-refractivity contribution is 0.102. The second-order valence-electron chi connectivity index (χ2n) is 6.13. The summed E-state index contributed by atoms with van der Waals surface area (Å²) in [4.78, 5) is 12.7. The lowest BCUT2D eigenvalue weighted by Crippen LogP contribution is -2.14. The third kappa shape index (κ3) is 4.11. The monoisotopic (exact) mass is 387 g/mol. The predicted molar refractivity (Wildman–Crippen MR) is 103 cm³/mol. The van der Waals surface area contributed by atoms with E-state index in [2.05, 4.69) is 10.4 Å². The molecule has 27 heavy (non-hydrogen) atoms. The molecule has 1 aromatic heterocycles. The fourth-order valence-corrected chi connectivity index (χ4v) is 3.05. The number of anilines is 1. The second-order valence-corrected chi connectivity index (χ2v) is 6.57. The SMILES string of the molecule is COc1ccc(Cl)cc1C(=O)Nc1c(C)nn(Cc2cccc(F)c2)c1C. The number of carbonyl (C=O) groups excluding carboxylic acids is 1. The van der Waals surface area contributed by atoms with Crippen LogP contribution >= 0.6 is 11.6 Å². The molecule has 2 aromatic carbocycles. The number of halogens is 2. The van der Waals surface area contributed by atoms with Crippen molar-refractivity contribution in [3.05, 3.63) is 75.8 Å². The van der Waals surface area contributed by atoms with E-state index in [1.54, 1.807) is 35.9 Å². The van der Waals surface area contributed by atoms with Gasteiger partial charge in [0.15, 0.2) is 0 Å². The van der Waals surface area contributed by atoms with E-state index in [4.69, 9.17) is 16.3 Å². The molecular weight excluding hydrogens is 369 g/mol. The summed E-state index contributed by atoms with van der Waals surface area (Å²) in [6.07, 6.45) is 0. The Morgan fingerprint density at radius 3 is 2.74 bits per heavy atom. The van der Waals surface area contributed by atoms with Gasteiger partial charge < -0.3 is 10.1 Å². The van der Waals surface area contributed by atoms with Crippen LogP contribution in [0.5, 0.6) is 5.75 Å². The number of nitrogens with zero attached hydrogens (tertiary/aromatic N) is 2. The number of benzene rings is 2. The summed E-state index contributed by atoms with van der Waals surface area (Å²) in [6.45, 7) is 4.06. The number of methoxy groups -OCH3 is 1. The minimum Gasteiger partial charge on any atom is -0.496 e. The van der Waals surface area contributed by atoms with Gasteiger partial charge in [0.25, 0.3) is 5.91 Å². The third-order valence-electron chi connectivity index (χ3n) is 4.25. The van der Waals surface area contributed by atoms with Crippen LogP contribution in [0.4, 0.5) is 10.1 Å². The minimum absolute atomic E-state index is 0.296. The van der Waals surface area contributed by atoms with Crippen molar-refractivity contribution in [1.82, 2.24) is 9.78 Å². The summed E-state index contributed by atoms with van der Waals surface area (Å²) in [6, 6.07) is 11.2. The zero-order valence-corrected chi connectivity index (χ0v) is 16.0. The molecule has 1 heterocycles. The molecule has 0 aliphatic rings. The van der Waals surface area contributed by atoms with Gasteiger partial charge in [-0.05, 0) is 49.7 Å². The quantitative estimate of drug-likeness (QED) is 0.696. The Bertz CT molecular complexity index is 1000. The highest BCUT2D eigenvalue weighted by Crippen LogP contribution is 2.26. The summed E-state index contributed by atoms with van der Waals surface area (Å²) in [5.41, 5.74) is 3.17. The van der Waals surface area contributed by atoms with Crippen LogP contribution in [-0.4, -0.2) is 22.8 Å². The van der Waals surface area contributed by atoms with Crippen molar-refractivity contribution in [2.45, 2.75) is 20.4 Å². The van der Waals surface area contributed by atoms with E-state index in [1.165, 1.54) is 19.2 Å². The van der Waals surface area contributed by atoms with Gasteiger partial charge >= 0.3 is 0 Å². The number of aromatic nitrogens is 2. The molecule has 0 aliphatic carbocycles. The Balaban J connectivity index is 1.87. The van der Waals surface area contributed by atoms with Gasteiger partial charge in [-0.1, -0.05) is 23.7 Å². The van der Waals surface area contributed by atoms with Crippen LogP contribution in [-0.2, 0) is 6.54 Å². The first kappa shape index (κ1) is 18.9. The fraction of sp³-hybridized carbons (Fsp3) is 0.200. The minimum atomic E-state index is -0.342. The molecule has 140 valence electrons. The highest BCUT2D eigenvalue weighted by atomic mass is 35.5. The molecular formula is C20H19ClFN3O2. The number of nitrogens with one attached hydrogen (secondary N) is 1. The number of carbonyl (C=O) groups is 1. The van der Waals surface area contributed by atoms with Gasteiger partial charge in [0.2, 0.25) is 0 Å². The largest absolute Gasteiger partial charge is 0.496 e. The highest BCUT2D eigenvalue weighted by molar-refractivity contribution is 6.31. The highest BCUT2D eigenvalue weighted by Gasteiger charge is 2.18. The molecule has 0 fully saturated rings. The summed E-state index contributed by atoms with van der Waals surface area (Å²) in [5, 5.41) is 7.78. The Morgan fingerprint density at radius 2 is 2.04 bits per heavy atom. The molecule has 3 rings (SSSR count). The van der Waals surface area contributed by atoms with E-state index in [9.17, 15) is 9.18 Å². The third-order valence-corrected chi connectivity index (χ3v) is 4.48. The van der Waals surface area contributed by atoms with Gasteiger partial charge in [-0.15, -0.1) is 0 Å². The Hall–Kier alpha value is -2.86. The van der Waals surface area contributed by atoms with Gasteiger partial charge in [0.1, 0.15) is 11.6 Å². The van der Waals surface area contributed by atoms with Crippen molar-refractivity contribution >= 4 is 23.2 Å². The van der Waals surface area contributed by atoms with Gasteiger partial charge in [0.05, 0.1) is 36.3 Å². The van der Waals surface area contributed by atoms with Gasteiger partial charge in [0, 0.05) is 5.02 Å². The summed E-state index contributed by atoms with van der Waals surface area (Å²) in [5.74, 6) is -0.208. The summed E-state index contributed by atoms with van der Waals surface area (Å²) < 4.78 is 20.4. The van der Waals surface area contributed by atoms with E-state index in [-0.39, 0.29) is 11.7 Å². The van der Waals surface area contributed by atoms with Crippen LogP contribution in [0.1, 0.15) is 27.3 Å². The van der Waals surface area contributed by atoms with Crippen LogP contribution in [0.3, 0.4) is 0 Å². The van der Waals surface area contributed by atoms with Crippen molar-refractivity contribution in [2.75, 3.05) is 12.4 Å². The van der Waals surface area contributed by atoms with Crippen LogP contribution < -0.4 is 10.1 Å². The maximum Gasteiger partial charge on any atom is 0.259 e. The maximum absolute atomic E-state index is 13.4. The first-order valence-electron chi connectivity index (χ1n) is 8.32. The lowest BCUT2D eigenvalue weighted by atomic mass is 10.1. The number of hydrogen-bond donors (Lipinski definition) is 1. The molecule has 1 N–H and O–H groups in total. The molecule has 0 bridgehead atoms. The lowest BCUT2D eigenvalue weighted by Gasteiger charge is -2.10. The van der Waals surface area contributed by atoms with Crippen LogP contribution in [0.15, 0.2) is 42.5 Å². The van der Waals surface area contributed by atoms with Crippen molar-refractivity contribution in [2.24, 2.45) is 0 Å². The average molecular weight is 388 g/mol. The maximum atomic E-state index is 13.4. The predicted octanol–water partition coefficient (Wildman–Crippen LogP) is 4.60. The van der Waals surface area contributed by atoms with E-state index in [1.807, 2.05) is 13.0 Å². The van der Waals surface area contributed by atoms with E-state index < -0.39 is 0 Å². The number of ether oxygens (including phenoxy) is 1. The zero-order valence-electron chi connectivity index (χ0n) is 15.2. The fourth-order valence-electron chi connectivity index (χ4n) is 2.88. The Kier molecular flexibility index (Phi) is 5.46. The second kappa shape index (κ2) is 7.80. The summed E-state index contributed by atoms with van der Waals surface area (Å²) in [7, 11) is 1.49. The molecule has 0 unspecified atom stereocenters. The van der Waals surface area contributed by atoms with E-state index >= 15 is 0 Å². The van der Waals surface area contributed by atoms with Crippen molar-refractivity contribution < 1.29 is 13.9 Å². The molecule has 7 heteroatoms. The normalized spacial score (nSPS) is 10.7. The van der Waals surface area contributed by atoms with Gasteiger partial charge in [-0.3, -0.25) is 9.48 Å². The molecule has 0 aliphatic heterocycles. The number of aryl methyl sites for hydroxylation is 1. The average Bonchev–Trinajstić information content (AvgIpc) is 2.89. The molecule has 0 atom stereocenters. The summed E-state index contributed by atoms with van der Waals surface area (Å²) >= 11 is 6.01. The molecule has 0 saturated heterocycles. The van der Waals surface area contributed by atoms with Crippen molar-refractivity contribution in [3.8, 4) is 5.75 Å². The number of hydrogen-bond acceptors (Lipinski definition) is 3. The van der Waals surface area contributed by atoms with E-state index in [0.29, 0.717) is 34.3 Å². The molecule has 0 spiro atoms. The van der Waals surface area contributed by atoms with Crippen molar-refractivity contribution in [1.29, 1.82) is 0 Å². The zero-order chi connectivity index (χ0) is 19.6. The molecule has 5 nitrogen and oxygen atoms in total. The van der Waals surface area contributed by atoms with Crippen LogP contribution in [0, 0.1) is 19.7 Å². The number of rotatable bonds is 5. The topological polar surface area (TPSA) is 56.1 Å². The molecule has 0 radical (unpaired) electrons. The Morgan fingerprint density at radius 1 is 1.26 bits per heavy atom. The smallest absolute Gasteiger partial charge is 0.259 e. The number of amides is 1. The molecule has 3 aromatic rings. The first-order valence-corrected chi connectivity index (χ1v) is 8.70. The standard InChI is InChI=1S/C20H19ClFN3O2/c1-12-19(23-20(26)17-10-15(21)7-8-18(17)27-3)13(2)25(24-12)11-14-5-4-6-16(22)9-14/h4-10H,11H2,1-3H3,(H,23,26). The Labute approximate surface area is 161 Å². The van der Waals surface area contributed by atoms with E-state index in [0.717, 1.165) is 11.3 Å². The van der Waals surface area contributed by atoms with Crippen molar-refractivity contribution in [3.63, 3.8) is 0 Å². The molecule has 0 saturated carbocycles. The van der Waals surface area contributed by atoms with Crippen LogP contribution in [0.2, 0.25) is 5.02 Å². The first-order chi connectivity index (χ1) is 12.9. The van der Waals surface area contributed by atoms with Gasteiger partial charge in [-0.2, -0.15) is 5.10 Å². The van der Waals surface area contributed by atoms with Crippen LogP contribution in [0.25, 0.3) is 0 Å². The molecule has 1 amide bonds. The van der Waals surface area contributed by atoms with Gasteiger partial charge in [-0.25, -0.2) is 4.39 Å².